The second kappa shape index (κ2) is 29.5. The fourth-order valence-electron chi connectivity index (χ4n) is 6.04. The predicted molar refractivity (Wildman–Crippen MR) is 197 cm³/mol. The number of hydrogen-bond acceptors (Lipinski definition) is 6. The Kier molecular flexibility index (Phi) is 29.2. The van der Waals surface area contributed by atoms with Crippen LogP contribution in [0.3, 0.4) is 0 Å². The Labute approximate surface area is 286 Å². The van der Waals surface area contributed by atoms with E-state index < -0.39 is 23.3 Å². The first kappa shape index (κ1) is 44.4. The summed E-state index contributed by atoms with van der Waals surface area (Å²) in [6, 6.07) is -0.838. The van der Waals surface area contributed by atoms with Gasteiger partial charge in [0.25, 0.3) is 0 Å². The van der Waals surface area contributed by atoms with Crippen molar-refractivity contribution in [2.24, 2.45) is 0 Å². The lowest BCUT2D eigenvalue weighted by Gasteiger charge is -2.33. The van der Waals surface area contributed by atoms with Crippen LogP contribution in [0.2, 0.25) is 0 Å². The number of rotatable bonds is 33. The Hall–Kier alpha value is -0.590. The first-order chi connectivity index (χ1) is 21.6. The van der Waals surface area contributed by atoms with Crippen LogP contribution in [0.4, 0.5) is 0 Å². The maximum absolute atomic E-state index is 13.4. The van der Waals surface area contributed by atoms with Gasteiger partial charge in [-0.2, -0.15) is 12.6 Å². The standard InChI is InChI=1S/C39H77NO4S/c1-6-8-10-12-14-16-18-20-21-23-25-27-29-31-33-39(43,40-35(34-45)37(42)44-38(3,4)5)36(41)32-30-28-26-24-22-19-17-15-13-11-9-7-2/h35,40,43,45H,6-34H2,1-5H3/t35-,39?/m0/s1. The fraction of sp³-hybridized carbons (Fsp3) is 0.949. The monoisotopic (exact) mass is 656 g/mol. The Bertz CT molecular complexity index is 695. The van der Waals surface area contributed by atoms with E-state index in [0.29, 0.717) is 12.8 Å². The molecule has 0 aromatic rings. The third kappa shape index (κ3) is 27.1. The third-order valence-corrected chi connectivity index (χ3v) is 9.26. The van der Waals surface area contributed by atoms with Crippen molar-refractivity contribution in [1.82, 2.24) is 5.32 Å². The first-order valence-electron chi connectivity index (χ1n) is 19.5. The summed E-state index contributed by atoms with van der Waals surface area (Å²) in [5.41, 5.74) is -2.37. The highest BCUT2D eigenvalue weighted by atomic mass is 32.1. The minimum absolute atomic E-state index is 0.155. The molecule has 268 valence electrons. The van der Waals surface area contributed by atoms with Crippen LogP contribution < -0.4 is 5.32 Å². The van der Waals surface area contributed by atoms with Gasteiger partial charge in [-0.3, -0.25) is 14.9 Å². The van der Waals surface area contributed by atoms with Crippen molar-refractivity contribution in [3.63, 3.8) is 0 Å². The lowest BCUT2D eigenvalue weighted by Crippen LogP contribution is -2.59. The van der Waals surface area contributed by atoms with Gasteiger partial charge in [-0.1, -0.05) is 168 Å². The molecule has 0 saturated carbocycles. The number of aliphatic hydroxyl groups is 1. The van der Waals surface area contributed by atoms with Crippen LogP contribution in [0, 0.1) is 0 Å². The van der Waals surface area contributed by atoms with Crippen LogP contribution in [-0.4, -0.2) is 40.0 Å². The highest BCUT2D eigenvalue weighted by Gasteiger charge is 2.39. The molecule has 0 fully saturated rings. The molecule has 2 atom stereocenters. The molecular weight excluding hydrogens is 578 g/mol. The van der Waals surface area contributed by atoms with Gasteiger partial charge in [0.05, 0.1) is 0 Å². The van der Waals surface area contributed by atoms with E-state index >= 15 is 0 Å². The quantitative estimate of drug-likeness (QED) is 0.0284. The van der Waals surface area contributed by atoms with Gasteiger partial charge in [0, 0.05) is 12.2 Å². The van der Waals surface area contributed by atoms with E-state index in [9.17, 15) is 14.7 Å². The molecule has 0 rings (SSSR count). The number of nitrogens with one attached hydrogen (secondary N) is 1. The Morgan fingerprint density at radius 1 is 0.600 bits per heavy atom. The zero-order valence-electron chi connectivity index (χ0n) is 30.7. The molecule has 0 heterocycles. The van der Waals surface area contributed by atoms with E-state index in [1.54, 1.807) is 0 Å². The zero-order valence-corrected chi connectivity index (χ0v) is 31.6. The molecule has 5 nitrogen and oxygen atoms in total. The highest BCUT2D eigenvalue weighted by Crippen LogP contribution is 2.22. The van der Waals surface area contributed by atoms with Gasteiger partial charge >= 0.3 is 5.97 Å². The fourth-order valence-corrected chi connectivity index (χ4v) is 6.28. The zero-order chi connectivity index (χ0) is 33.7. The molecule has 0 aliphatic heterocycles. The lowest BCUT2D eigenvalue weighted by atomic mass is 9.94. The number of ether oxygens (including phenoxy) is 1. The van der Waals surface area contributed by atoms with Crippen molar-refractivity contribution < 1.29 is 19.4 Å². The van der Waals surface area contributed by atoms with Crippen molar-refractivity contribution >= 4 is 24.4 Å². The number of Topliss-reactive ketones (excluding diaryl/α,β-unsaturated/α-hetero) is 1. The normalized spacial score (nSPS) is 13.9. The average Bonchev–Trinajstić information content (AvgIpc) is 2.99. The maximum Gasteiger partial charge on any atom is 0.324 e. The summed E-state index contributed by atoms with van der Waals surface area (Å²) < 4.78 is 5.55. The van der Waals surface area contributed by atoms with E-state index in [2.05, 4.69) is 31.8 Å². The van der Waals surface area contributed by atoms with Crippen molar-refractivity contribution in [2.45, 2.75) is 232 Å². The number of ketones is 1. The Balaban J connectivity index is 4.53. The lowest BCUT2D eigenvalue weighted by molar-refractivity contribution is -0.161. The van der Waals surface area contributed by atoms with Crippen molar-refractivity contribution in [1.29, 1.82) is 0 Å². The molecule has 0 aromatic heterocycles. The summed E-state index contributed by atoms with van der Waals surface area (Å²) in [7, 11) is 0. The molecule has 0 aliphatic rings. The molecule has 0 saturated heterocycles. The summed E-state index contributed by atoms with van der Waals surface area (Å²) in [4.78, 5) is 26.2. The van der Waals surface area contributed by atoms with Crippen LogP contribution in [0.1, 0.15) is 214 Å². The number of carbonyl (C=O) groups is 2. The molecule has 0 aromatic carbocycles. The van der Waals surface area contributed by atoms with Gasteiger partial charge in [-0.05, 0) is 40.0 Å². The van der Waals surface area contributed by atoms with E-state index in [1.165, 1.54) is 128 Å². The van der Waals surface area contributed by atoms with Crippen LogP contribution in [-0.2, 0) is 14.3 Å². The molecule has 0 amide bonds. The maximum atomic E-state index is 13.4. The summed E-state index contributed by atoms with van der Waals surface area (Å²) in [5, 5.41) is 14.6. The molecule has 1 unspecified atom stereocenters. The van der Waals surface area contributed by atoms with Gasteiger partial charge in [-0.25, -0.2) is 0 Å². The van der Waals surface area contributed by atoms with E-state index in [-0.39, 0.29) is 11.5 Å². The van der Waals surface area contributed by atoms with Gasteiger partial charge in [0.1, 0.15) is 11.6 Å². The Morgan fingerprint density at radius 2 is 0.933 bits per heavy atom. The Morgan fingerprint density at radius 3 is 1.27 bits per heavy atom. The van der Waals surface area contributed by atoms with Crippen LogP contribution >= 0.6 is 12.6 Å². The van der Waals surface area contributed by atoms with Gasteiger partial charge in [0.2, 0.25) is 0 Å². The topological polar surface area (TPSA) is 75.6 Å². The van der Waals surface area contributed by atoms with Crippen molar-refractivity contribution in [2.75, 3.05) is 5.75 Å². The molecular formula is C39H77NO4S. The summed E-state index contributed by atoms with van der Waals surface area (Å²) in [6.07, 6.45) is 33.0. The summed E-state index contributed by atoms with van der Waals surface area (Å²) in [5.74, 6) is -0.531. The molecule has 0 radical (unpaired) electrons. The van der Waals surface area contributed by atoms with E-state index in [1.807, 2.05) is 20.8 Å². The molecule has 0 spiro atoms. The van der Waals surface area contributed by atoms with Crippen LogP contribution in [0.5, 0.6) is 0 Å². The van der Waals surface area contributed by atoms with Gasteiger partial charge < -0.3 is 9.84 Å². The van der Waals surface area contributed by atoms with Gasteiger partial charge in [0.15, 0.2) is 11.5 Å². The number of unbranched alkanes of at least 4 members (excludes halogenated alkanes) is 24. The second-order valence-corrected chi connectivity index (χ2v) is 15.0. The van der Waals surface area contributed by atoms with Crippen molar-refractivity contribution in [3.8, 4) is 0 Å². The summed E-state index contributed by atoms with van der Waals surface area (Å²) in [6.45, 7) is 9.98. The number of thiol groups is 1. The average molecular weight is 656 g/mol. The van der Waals surface area contributed by atoms with Crippen LogP contribution in [0.25, 0.3) is 0 Å². The number of hydrogen-bond donors (Lipinski definition) is 3. The second-order valence-electron chi connectivity index (χ2n) is 14.7. The molecule has 6 heteroatoms. The minimum atomic E-state index is -1.72. The highest BCUT2D eigenvalue weighted by molar-refractivity contribution is 7.80. The minimum Gasteiger partial charge on any atom is -0.459 e. The molecule has 0 bridgehead atoms. The number of esters is 1. The SMILES string of the molecule is CCCCCCCCCCCCCCCCC(O)(N[C@@H](CS)C(=O)OC(C)(C)C)C(=O)CCCCCCCCCCCCCC. The van der Waals surface area contributed by atoms with Gasteiger partial charge in [-0.15, -0.1) is 0 Å². The van der Waals surface area contributed by atoms with Crippen LogP contribution in [0.15, 0.2) is 0 Å². The number of carbonyl (C=O) groups excluding carboxylic acids is 2. The summed E-state index contributed by atoms with van der Waals surface area (Å²) >= 11 is 4.35. The largest absolute Gasteiger partial charge is 0.459 e. The smallest absolute Gasteiger partial charge is 0.324 e. The first-order valence-corrected chi connectivity index (χ1v) is 20.1. The predicted octanol–water partition coefficient (Wildman–Crippen LogP) is 11.4. The van der Waals surface area contributed by atoms with Crippen molar-refractivity contribution in [3.05, 3.63) is 0 Å². The third-order valence-electron chi connectivity index (χ3n) is 8.90. The molecule has 45 heavy (non-hydrogen) atoms. The molecule has 2 N–H and O–H groups in total. The van der Waals surface area contributed by atoms with E-state index in [4.69, 9.17) is 4.74 Å². The van der Waals surface area contributed by atoms with E-state index in [0.717, 1.165) is 38.5 Å². The molecule has 0 aliphatic carbocycles.